The van der Waals surface area contributed by atoms with Gasteiger partial charge in [0.05, 0.1) is 26.1 Å². The van der Waals surface area contributed by atoms with E-state index in [1.54, 1.807) is 0 Å². The van der Waals surface area contributed by atoms with E-state index in [0.717, 1.165) is 38.8 Å². The number of methoxy groups -OCH3 is 2. The zero-order chi connectivity index (χ0) is 16.5. The maximum atomic E-state index is 11.0. The predicted octanol–water partition coefficient (Wildman–Crippen LogP) is 1.94. The van der Waals surface area contributed by atoms with E-state index in [9.17, 15) is 9.59 Å². The van der Waals surface area contributed by atoms with Gasteiger partial charge in [0.15, 0.2) is 0 Å². The molecule has 24 heavy (non-hydrogen) atoms. The van der Waals surface area contributed by atoms with Crippen LogP contribution >= 0.6 is 24.8 Å². The fourth-order valence-corrected chi connectivity index (χ4v) is 2.73. The maximum absolute atomic E-state index is 11.0. The Morgan fingerprint density at radius 2 is 1.08 bits per heavy atom. The molecule has 0 aromatic heterocycles. The summed E-state index contributed by atoms with van der Waals surface area (Å²) < 4.78 is 9.29. The van der Waals surface area contributed by atoms with Gasteiger partial charge in [0.2, 0.25) is 0 Å². The van der Waals surface area contributed by atoms with Crippen LogP contribution in [0, 0.1) is 11.8 Å². The lowest BCUT2D eigenvalue weighted by atomic mass is 9.96. The van der Waals surface area contributed by atoms with Gasteiger partial charge in [-0.05, 0) is 39.5 Å². The van der Waals surface area contributed by atoms with Crippen LogP contribution in [0.15, 0.2) is 0 Å². The van der Waals surface area contributed by atoms with E-state index in [1.165, 1.54) is 14.2 Å². The van der Waals surface area contributed by atoms with Gasteiger partial charge in [-0.25, -0.2) is 0 Å². The molecule has 2 N–H and O–H groups in total. The van der Waals surface area contributed by atoms with Crippen molar-refractivity contribution in [2.45, 2.75) is 51.6 Å². The van der Waals surface area contributed by atoms with Crippen molar-refractivity contribution in [3.05, 3.63) is 0 Å². The second kappa shape index (κ2) is 13.7. The standard InChI is InChI=1S/2C8H15NO2.2ClH/c2*1-6-3-4-7(5-9-6)8(10)11-2;;/h2*6-7,9H,3-5H2,1-2H3;2*1H/t2*6-,7-;;/m10../s1. The number of ether oxygens (including phenoxy) is 2. The number of halogens is 2. The molecule has 2 fully saturated rings. The second-order valence-corrected chi connectivity index (χ2v) is 6.21. The van der Waals surface area contributed by atoms with Crippen LogP contribution in [0.25, 0.3) is 0 Å². The number of carbonyl (C=O) groups excluding carboxylic acids is 2. The molecule has 144 valence electrons. The van der Waals surface area contributed by atoms with Crippen molar-refractivity contribution in [2.75, 3.05) is 27.3 Å². The van der Waals surface area contributed by atoms with Gasteiger partial charge >= 0.3 is 11.9 Å². The van der Waals surface area contributed by atoms with Crippen LogP contribution in [-0.4, -0.2) is 51.3 Å². The first-order valence-corrected chi connectivity index (χ1v) is 8.10. The Labute approximate surface area is 157 Å². The normalized spacial score (nSPS) is 28.8. The number of esters is 2. The minimum absolute atomic E-state index is 0. The van der Waals surface area contributed by atoms with E-state index in [1.807, 2.05) is 0 Å². The number of hydrogen-bond donors (Lipinski definition) is 2. The van der Waals surface area contributed by atoms with Gasteiger partial charge in [0.1, 0.15) is 0 Å². The largest absolute Gasteiger partial charge is 0.469 e. The number of piperidine rings is 2. The SMILES string of the molecule is COC(=O)[C@@H]1CC[C@@H](C)NC1.COC(=O)[C@H]1CC[C@H](C)NC1.Cl.Cl. The molecule has 0 aromatic carbocycles. The molecule has 0 amide bonds. The molecule has 8 heteroatoms. The van der Waals surface area contributed by atoms with Crippen LogP contribution in [0.4, 0.5) is 0 Å². The number of hydrogen-bond acceptors (Lipinski definition) is 6. The van der Waals surface area contributed by atoms with E-state index in [2.05, 4.69) is 34.0 Å². The van der Waals surface area contributed by atoms with Gasteiger partial charge in [0, 0.05) is 25.2 Å². The first kappa shape index (κ1) is 25.7. The molecule has 0 saturated carbocycles. The zero-order valence-electron chi connectivity index (χ0n) is 15.0. The monoisotopic (exact) mass is 386 g/mol. The molecule has 0 spiro atoms. The summed E-state index contributed by atoms with van der Waals surface area (Å²) in [5, 5.41) is 6.49. The molecule has 4 atom stereocenters. The summed E-state index contributed by atoms with van der Waals surface area (Å²) in [6.07, 6.45) is 4.06. The summed E-state index contributed by atoms with van der Waals surface area (Å²) >= 11 is 0. The van der Waals surface area contributed by atoms with Gasteiger partial charge in [-0.3, -0.25) is 9.59 Å². The summed E-state index contributed by atoms with van der Waals surface area (Å²) in [4.78, 5) is 22.0. The van der Waals surface area contributed by atoms with Crippen molar-refractivity contribution in [3.8, 4) is 0 Å². The molecule has 2 saturated heterocycles. The molecule has 2 rings (SSSR count). The summed E-state index contributed by atoms with van der Waals surface area (Å²) in [5.74, 6) is 0.00111. The smallest absolute Gasteiger partial charge is 0.309 e. The molecule has 0 radical (unpaired) electrons. The van der Waals surface area contributed by atoms with Crippen LogP contribution in [0.3, 0.4) is 0 Å². The second-order valence-electron chi connectivity index (χ2n) is 6.21. The van der Waals surface area contributed by atoms with Gasteiger partial charge in [-0.2, -0.15) is 0 Å². The molecular weight excluding hydrogens is 355 g/mol. The first-order valence-electron chi connectivity index (χ1n) is 8.10. The molecule has 0 aliphatic carbocycles. The number of nitrogens with one attached hydrogen (secondary N) is 2. The Bertz CT molecular complexity index is 322. The fraction of sp³-hybridized carbons (Fsp3) is 0.875. The molecule has 0 aromatic rings. The van der Waals surface area contributed by atoms with Crippen molar-refractivity contribution in [2.24, 2.45) is 11.8 Å². The Kier molecular flexibility index (Phi) is 14.7. The predicted molar refractivity (Wildman–Crippen MR) is 98.9 cm³/mol. The summed E-state index contributed by atoms with van der Waals surface area (Å²) in [6, 6.07) is 1.10. The molecule has 0 unspecified atom stereocenters. The average Bonchev–Trinajstić information content (AvgIpc) is 2.55. The lowest BCUT2D eigenvalue weighted by Gasteiger charge is -2.25. The Hall–Kier alpha value is -0.560. The van der Waals surface area contributed by atoms with E-state index in [4.69, 9.17) is 0 Å². The highest BCUT2D eigenvalue weighted by Gasteiger charge is 2.24. The van der Waals surface area contributed by atoms with E-state index < -0.39 is 0 Å². The topological polar surface area (TPSA) is 76.7 Å². The van der Waals surface area contributed by atoms with Crippen molar-refractivity contribution in [1.82, 2.24) is 10.6 Å². The molecular formula is C16H32Cl2N2O4. The van der Waals surface area contributed by atoms with Crippen LogP contribution < -0.4 is 10.6 Å². The van der Waals surface area contributed by atoms with Crippen molar-refractivity contribution >= 4 is 36.8 Å². The third-order valence-electron chi connectivity index (χ3n) is 4.39. The highest BCUT2D eigenvalue weighted by molar-refractivity contribution is 5.85. The summed E-state index contributed by atoms with van der Waals surface area (Å²) in [5.41, 5.74) is 0. The van der Waals surface area contributed by atoms with Crippen LogP contribution in [-0.2, 0) is 19.1 Å². The lowest BCUT2D eigenvalue weighted by Crippen LogP contribution is -2.40. The highest BCUT2D eigenvalue weighted by atomic mass is 35.5. The van der Waals surface area contributed by atoms with Gasteiger partial charge in [-0.1, -0.05) is 0 Å². The minimum Gasteiger partial charge on any atom is -0.469 e. The average molecular weight is 387 g/mol. The third kappa shape index (κ3) is 9.06. The fourth-order valence-electron chi connectivity index (χ4n) is 2.73. The molecule has 2 heterocycles. The minimum atomic E-state index is -0.0793. The van der Waals surface area contributed by atoms with Gasteiger partial charge < -0.3 is 20.1 Å². The lowest BCUT2D eigenvalue weighted by molar-refractivity contribution is -0.147. The van der Waals surface area contributed by atoms with E-state index in [0.29, 0.717) is 12.1 Å². The van der Waals surface area contributed by atoms with Crippen LogP contribution in [0.1, 0.15) is 39.5 Å². The first-order chi connectivity index (χ1) is 10.5. The van der Waals surface area contributed by atoms with Gasteiger partial charge in [-0.15, -0.1) is 24.8 Å². The van der Waals surface area contributed by atoms with Crippen molar-refractivity contribution < 1.29 is 19.1 Å². The quantitative estimate of drug-likeness (QED) is 0.706. The van der Waals surface area contributed by atoms with E-state index >= 15 is 0 Å². The molecule has 2 aliphatic rings. The Morgan fingerprint density at radius 1 is 0.750 bits per heavy atom. The van der Waals surface area contributed by atoms with Crippen molar-refractivity contribution in [3.63, 3.8) is 0 Å². The Balaban J connectivity index is 0. The van der Waals surface area contributed by atoms with Crippen LogP contribution in [0.2, 0.25) is 0 Å². The number of carbonyl (C=O) groups is 2. The third-order valence-corrected chi connectivity index (χ3v) is 4.39. The molecule has 6 nitrogen and oxygen atoms in total. The summed E-state index contributed by atoms with van der Waals surface area (Å²) in [7, 11) is 2.89. The van der Waals surface area contributed by atoms with E-state index in [-0.39, 0.29) is 48.6 Å². The molecule has 0 bridgehead atoms. The maximum Gasteiger partial charge on any atom is 0.309 e. The molecule has 2 aliphatic heterocycles. The Morgan fingerprint density at radius 3 is 1.29 bits per heavy atom. The highest BCUT2D eigenvalue weighted by Crippen LogP contribution is 2.15. The number of rotatable bonds is 2. The zero-order valence-corrected chi connectivity index (χ0v) is 16.6. The van der Waals surface area contributed by atoms with Crippen molar-refractivity contribution in [1.29, 1.82) is 0 Å². The summed E-state index contributed by atoms with van der Waals surface area (Å²) in [6.45, 7) is 5.81. The van der Waals surface area contributed by atoms with Gasteiger partial charge in [0.25, 0.3) is 0 Å². The van der Waals surface area contributed by atoms with Crippen LogP contribution in [0.5, 0.6) is 0 Å².